The molecule has 2 aromatic carbocycles. The van der Waals surface area contributed by atoms with E-state index >= 15 is 0 Å². The van der Waals surface area contributed by atoms with Gasteiger partial charge in [0, 0.05) is 0 Å². The highest BCUT2D eigenvalue weighted by molar-refractivity contribution is 7.21. The zero-order chi connectivity index (χ0) is 15.5. The maximum Gasteiger partial charge on any atom is 0.272 e. The third-order valence-electron chi connectivity index (χ3n) is 2.89. The molecule has 6 nitrogen and oxygen atoms in total. The molecule has 0 fully saturated rings. The van der Waals surface area contributed by atoms with Gasteiger partial charge in [0.1, 0.15) is 5.75 Å². The van der Waals surface area contributed by atoms with Crippen LogP contribution in [0.3, 0.4) is 0 Å². The summed E-state index contributed by atoms with van der Waals surface area (Å²) >= 11 is 1.35. The molecule has 0 bridgehead atoms. The van der Waals surface area contributed by atoms with Crippen LogP contribution in [0.15, 0.2) is 53.6 Å². The average molecular weight is 312 g/mol. The highest BCUT2D eigenvalue weighted by Gasteiger charge is 2.16. The predicted molar refractivity (Wildman–Crippen MR) is 87.1 cm³/mol. The summed E-state index contributed by atoms with van der Waals surface area (Å²) in [7, 11) is 0. The minimum atomic E-state index is -0.662. The van der Waals surface area contributed by atoms with Crippen molar-refractivity contribution in [1.82, 2.24) is 4.98 Å². The monoisotopic (exact) mass is 312 g/mol. The molecule has 0 spiro atoms. The first-order valence-corrected chi connectivity index (χ1v) is 7.23. The molecule has 22 heavy (non-hydrogen) atoms. The van der Waals surface area contributed by atoms with Crippen molar-refractivity contribution < 1.29 is 9.90 Å². The van der Waals surface area contributed by atoms with Crippen LogP contribution in [0.1, 0.15) is 5.01 Å². The van der Waals surface area contributed by atoms with Crippen LogP contribution < -0.4 is 11.2 Å². The quantitative estimate of drug-likeness (QED) is 0.391. The SMILES string of the molecule is NC(=O)C(=NNc1ccc(O)cc1)c1nc2ccccc2s1. The number of hydrogen-bond acceptors (Lipinski definition) is 6. The fourth-order valence-electron chi connectivity index (χ4n) is 1.84. The molecule has 3 rings (SSSR count). The number of rotatable bonds is 4. The van der Waals surface area contributed by atoms with E-state index in [0.29, 0.717) is 10.7 Å². The van der Waals surface area contributed by atoms with E-state index in [-0.39, 0.29) is 11.5 Å². The van der Waals surface area contributed by atoms with E-state index in [1.807, 2.05) is 24.3 Å². The van der Waals surface area contributed by atoms with Crippen molar-refractivity contribution in [3.05, 3.63) is 53.5 Å². The first-order chi connectivity index (χ1) is 10.6. The van der Waals surface area contributed by atoms with Crippen LogP contribution in [0.2, 0.25) is 0 Å². The van der Waals surface area contributed by atoms with Gasteiger partial charge in [0.05, 0.1) is 15.9 Å². The molecule has 0 saturated heterocycles. The second kappa shape index (κ2) is 5.82. The van der Waals surface area contributed by atoms with Crippen LogP contribution >= 0.6 is 11.3 Å². The van der Waals surface area contributed by atoms with Crippen LogP contribution in [0.4, 0.5) is 5.69 Å². The zero-order valence-corrected chi connectivity index (χ0v) is 12.2. The fraction of sp³-hybridized carbons (Fsp3) is 0. The first-order valence-electron chi connectivity index (χ1n) is 6.42. The number of benzene rings is 2. The van der Waals surface area contributed by atoms with E-state index in [4.69, 9.17) is 5.73 Å². The number of amides is 1. The highest BCUT2D eigenvalue weighted by Crippen LogP contribution is 2.22. The summed E-state index contributed by atoms with van der Waals surface area (Å²) in [6.45, 7) is 0. The molecule has 0 aliphatic heterocycles. The van der Waals surface area contributed by atoms with Crippen molar-refractivity contribution in [3.63, 3.8) is 0 Å². The Balaban J connectivity index is 1.93. The number of fused-ring (bicyclic) bond motifs is 1. The van der Waals surface area contributed by atoms with E-state index < -0.39 is 5.91 Å². The smallest absolute Gasteiger partial charge is 0.272 e. The van der Waals surface area contributed by atoms with Crippen molar-refractivity contribution >= 4 is 38.9 Å². The van der Waals surface area contributed by atoms with Crippen LogP contribution in [0, 0.1) is 0 Å². The number of primary amides is 1. The van der Waals surface area contributed by atoms with Crippen molar-refractivity contribution in [2.75, 3.05) is 5.43 Å². The van der Waals surface area contributed by atoms with Gasteiger partial charge in [-0.2, -0.15) is 5.10 Å². The van der Waals surface area contributed by atoms with Crippen LogP contribution in [-0.2, 0) is 4.79 Å². The number of phenolic OH excluding ortho intramolecular Hbond substituents is 1. The second-order valence-corrected chi connectivity index (χ2v) is 5.50. The number of para-hydroxylation sites is 1. The maximum absolute atomic E-state index is 11.6. The first kappa shape index (κ1) is 14.0. The van der Waals surface area contributed by atoms with Gasteiger partial charge in [-0.05, 0) is 36.4 Å². The van der Waals surface area contributed by atoms with E-state index in [0.717, 1.165) is 10.2 Å². The molecule has 0 unspecified atom stereocenters. The molecule has 0 aliphatic rings. The van der Waals surface area contributed by atoms with Gasteiger partial charge in [-0.1, -0.05) is 12.1 Å². The summed E-state index contributed by atoms with van der Waals surface area (Å²) in [5, 5.41) is 13.7. The molecule has 0 saturated carbocycles. The average Bonchev–Trinajstić information content (AvgIpc) is 2.92. The summed E-state index contributed by atoms with van der Waals surface area (Å²) in [6, 6.07) is 13.9. The third-order valence-corrected chi connectivity index (χ3v) is 3.94. The molecule has 0 radical (unpaired) electrons. The van der Waals surface area contributed by atoms with Gasteiger partial charge in [-0.15, -0.1) is 11.3 Å². The van der Waals surface area contributed by atoms with Gasteiger partial charge in [-0.25, -0.2) is 4.98 Å². The van der Waals surface area contributed by atoms with Gasteiger partial charge in [0.15, 0.2) is 10.7 Å². The van der Waals surface area contributed by atoms with Gasteiger partial charge in [-0.3, -0.25) is 10.2 Å². The van der Waals surface area contributed by atoms with Gasteiger partial charge >= 0.3 is 0 Å². The molecule has 0 aliphatic carbocycles. The Labute approximate surface area is 129 Å². The summed E-state index contributed by atoms with van der Waals surface area (Å²) < 4.78 is 0.955. The lowest BCUT2D eigenvalue weighted by atomic mass is 10.3. The van der Waals surface area contributed by atoms with E-state index in [2.05, 4.69) is 15.5 Å². The van der Waals surface area contributed by atoms with E-state index in [1.54, 1.807) is 12.1 Å². The van der Waals surface area contributed by atoms with Crippen LogP contribution in [0.5, 0.6) is 5.75 Å². The largest absolute Gasteiger partial charge is 0.508 e. The number of hydrogen-bond donors (Lipinski definition) is 3. The molecule has 1 amide bonds. The lowest BCUT2D eigenvalue weighted by molar-refractivity contribution is -0.111. The van der Waals surface area contributed by atoms with E-state index in [1.165, 1.54) is 23.5 Å². The normalized spacial score (nSPS) is 11.5. The Morgan fingerprint density at radius 2 is 1.91 bits per heavy atom. The molecule has 7 heteroatoms. The number of aromatic hydroxyl groups is 1. The number of thiazole rings is 1. The minimum absolute atomic E-state index is 0.0641. The number of phenols is 1. The zero-order valence-electron chi connectivity index (χ0n) is 11.4. The van der Waals surface area contributed by atoms with Crippen LogP contribution in [-0.4, -0.2) is 21.7 Å². The Kier molecular flexibility index (Phi) is 3.71. The number of carbonyl (C=O) groups is 1. The second-order valence-electron chi connectivity index (χ2n) is 4.47. The standard InChI is InChI=1S/C15H12N4O2S/c16-14(21)13(19-18-9-5-7-10(20)8-6-9)15-17-11-3-1-2-4-12(11)22-15/h1-8,18,20H,(H2,16,21). The number of hydrazone groups is 1. The number of aromatic nitrogens is 1. The Bertz CT molecular complexity index is 822. The number of nitrogens with zero attached hydrogens (tertiary/aromatic N) is 2. The molecule has 0 atom stereocenters. The molecule has 110 valence electrons. The lowest BCUT2D eigenvalue weighted by Crippen LogP contribution is -2.25. The summed E-state index contributed by atoms with van der Waals surface area (Å²) in [6.07, 6.45) is 0. The minimum Gasteiger partial charge on any atom is -0.508 e. The van der Waals surface area contributed by atoms with Gasteiger partial charge < -0.3 is 10.8 Å². The molecule has 1 heterocycles. The molecule has 4 N–H and O–H groups in total. The maximum atomic E-state index is 11.6. The van der Waals surface area contributed by atoms with E-state index in [9.17, 15) is 9.90 Å². The topological polar surface area (TPSA) is 101 Å². The lowest BCUT2D eigenvalue weighted by Gasteiger charge is -2.02. The summed E-state index contributed by atoms with van der Waals surface area (Å²) in [5.74, 6) is -0.513. The molecular weight excluding hydrogens is 300 g/mol. The fourth-order valence-corrected chi connectivity index (χ4v) is 2.80. The summed E-state index contributed by atoms with van der Waals surface area (Å²) in [5.41, 5.74) is 9.61. The Morgan fingerprint density at radius 1 is 1.18 bits per heavy atom. The number of anilines is 1. The Morgan fingerprint density at radius 3 is 2.59 bits per heavy atom. The summed E-state index contributed by atoms with van der Waals surface area (Å²) in [4.78, 5) is 16.0. The van der Waals surface area contributed by atoms with Crippen molar-refractivity contribution in [3.8, 4) is 5.75 Å². The van der Waals surface area contributed by atoms with Crippen molar-refractivity contribution in [1.29, 1.82) is 0 Å². The van der Waals surface area contributed by atoms with Crippen molar-refractivity contribution in [2.45, 2.75) is 0 Å². The van der Waals surface area contributed by atoms with Crippen molar-refractivity contribution in [2.24, 2.45) is 10.8 Å². The number of nitrogens with one attached hydrogen (secondary N) is 1. The highest BCUT2D eigenvalue weighted by atomic mass is 32.1. The predicted octanol–water partition coefficient (Wildman–Crippen LogP) is 2.30. The number of carbonyl (C=O) groups excluding carboxylic acids is 1. The molecular formula is C15H12N4O2S. The molecule has 1 aromatic heterocycles. The Hall–Kier alpha value is -2.93. The van der Waals surface area contributed by atoms with Crippen LogP contribution in [0.25, 0.3) is 10.2 Å². The molecule has 3 aromatic rings. The van der Waals surface area contributed by atoms with Gasteiger partial charge in [0.25, 0.3) is 5.91 Å². The third kappa shape index (κ3) is 2.89. The number of nitrogens with two attached hydrogens (primary N) is 1. The van der Waals surface area contributed by atoms with Gasteiger partial charge in [0.2, 0.25) is 0 Å².